The number of hydrogen-bond acceptors (Lipinski definition) is 4. The fourth-order valence-electron chi connectivity index (χ4n) is 2.52. The molecular weight excluding hydrogens is 331 g/mol. The summed E-state index contributed by atoms with van der Waals surface area (Å²) in [5.41, 5.74) is 2.86. The predicted octanol–water partition coefficient (Wildman–Crippen LogP) is 3.64. The Morgan fingerprint density at radius 1 is 1.15 bits per heavy atom. The molecule has 0 aliphatic carbocycles. The average Bonchev–Trinajstić information content (AvgIpc) is 2.67. The van der Waals surface area contributed by atoms with Gasteiger partial charge in [-0.15, -0.1) is 0 Å². The van der Waals surface area contributed by atoms with Crippen LogP contribution in [-0.2, 0) is 6.54 Å². The molecule has 128 valence electrons. The molecule has 0 fully saturated rings. The number of carbonyl (C=O) groups excluding carboxylic acids is 1. The van der Waals surface area contributed by atoms with Crippen molar-refractivity contribution in [1.82, 2.24) is 9.97 Å². The first-order chi connectivity index (χ1) is 12.6. The summed E-state index contributed by atoms with van der Waals surface area (Å²) in [6.45, 7) is 2.06. The first kappa shape index (κ1) is 17.2. The van der Waals surface area contributed by atoms with E-state index < -0.39 is 0 Å². The summed E-state index contributed by atoms with van der Waals surface area (Å²) in [4.78, 5) is 22.7. The SMILES string of the molecule is Cc1cnccc1C(=O)N(Cc1ccc(F)cc1)c1ccc(C#N)nc1. The standard InChI is InChI=1S/C20H15FN4O/c1-14-11-23-9-8-19(14)20(26)25(13-15-2-4-16(21)5-3-15)18-7-6-17(10-22)24-12-18/h2-9,11-12H,13H2,1H3. The van der Waals surface area contributed by atoms with Gasteiger partial charge in [0.15, 0.2) is 0 Å². The number of carbonyl (C=O) groups is 1. The van der Waals surface area contributed by atoms with E-state index in [0.29, 0.717) is 11.3 Å². The summed E-state index contributed by atoms with van der Waals surface area (Å²) in [5, 5.41) is 8.92. The molecule has 3 rings (SSSR count). The lowest BCUT2D eigenvalue weighted by Gasteiger charge is -2.23. The number of anilines is 1. The third-order valence-corrected chi connectivity index (χ3v) is 3.92. The van der Waals surface area contributed by atoms with Crippen molar-refractivity contribution in [1.29, 1.82) is 5.26 Å². The van der Waals surface area contributed by atoms with E-state index in [1.165, 1.54) is 18.3 Å². The van der Waals surface area contributed by atoms with E-state index in [2.05, 4.69) is 9.97 Å². The number of hydrogen-bond donors (Lipinski definition) is 0. The van der Waals surface area contributed by atoms with Crippen molar-refractivity contribution in [3.05, 3.63) is 89.3 Å². The van der Waals surface area contributed by atoms with Crippen LogP contribution in [0.15, 0.2) is 61.1 Å². The molecule has 0 bridgehead atoms. The van der Waals surface area contributed by atoms with Crippen LogP contribution in [0.3, 0.4) is 0 Å². The molecule has 0 atom stereocenters. The van der Waals surface area contributed by atoms with Crippen LogP contribution in [-0.4, -0.2) is 15.9 Å². The van der Waals surface area contributed by atoms with Gasteiger partial charge in [0.25, 0.3) is 5.91 Å². The zero-order valence-electron chi connectivity index (χ0n) is 14.1. The average molecular weight is 346 g/mol. The van der Waals surface area contributed by atoms with Gasteiger partial charge >= 0.3 is 0 Å². The van der Waals surface area contributed by atoms with E-state index in [0.717, 1.165) is 11.1 Å². The highest BCUT2D eigenvalue weighted by Crippen LogP contribution is 2.21. The number of nitriles is 1. The van der Waals surface area contributed by atoms with Gasteiger partial charge < -0.3 is 4.90 Å². The number of aryl methyl sites for hydroxylation is 1. The lowest BCUT2D eigenvalue weighted by Crippen LogP contribution is -2.31. The molecule has 2 aromatic heterocycles. The minimum Gasteiger partial charge on any atom is -0.302 e. The molecule has 0 spiro atoms. The number of pyridine rings is 2. The Kier molecular flexibility index (Phi) is 4.99. The summed E-state index contributed by atoms with van der Waals surface area (Å²) in [7, 11) is 0. The molecular formula is C20H15FN4O. The zero-order chi connectivity index (χ0) is 18.5. The van der Waals surface area contributed by atoms with Crippen LogP contribution in [0.2, 0.25) is 0 Å². The van der Waals surface area contributed by atoms with Gasteiger partial charge in [0, 0.05) is 18.0 Å². The van der Waals surface area contributed by atoms with E-state index in [4.69, 9.17) is 5.26 Å². The second kappa shape index (κ2) is 7.53. The van der Waals surface area contributed by atoms with Gasteiger partial charge in [-0.2, -0.15) is 5.26 Å². The Morgan fingerprint density at radius 2 is 1.92 bits per heavy atom. The maximum atomic E-state index is 13.2. The molecule has 0 saturated heterocycles. The summed E-state index contributed by atoms with van der Waals surface area (Å²) in [6.07, 6.45) is 4.67. The van der Waals surface area contributed by atoms with Gasteiger partial charge in [-0.1, -0.05) is 12.1 Å². The van der Waals surface area contributed by atoms with Crippen LogP contribution >= 0.6 is 0 Å². The van der Waals surface area contributed by atoms with Crippen LogP contribution in [0.4, 0.5) is 10.1 Å². The molecule has 26 heavy (non-hydrogen) atoms. The van der Waals surface area contributed by atoms with Crippen LogP contribution in [0.5, 0.6) is 0 Å². The Hall–Kier alpha value is -3.59. The van der Waals surface area contributed by atoms with Crippen molar-refractivity contribution in [3.63, 3.8) is 0 Å². The summed E-state index contributed by atoms with van der Waals surface area (Å²) >= 11 is 0. The Balaban J connectivity index is 2.00. The van der Waals surface area contributed by atoms with Crippen molar-refractivity contribution < 1.29 is 9.18 Å². The topological polar surface area (TPSA) is 69.9 Å². The Bertz CT molecular complexity index is 962. The molecule has 0 aliphatic heterocycles. The Labute approximate surface area is 150 Å². The highest BCUT2D eigenvalue weighted by Gasteiger charge is 2.20. The quantitative estimate of drug-likeness (QED) is 0.723. The van der Waals surface area contributed by atoms with Crippen molar-refractivity contribution in [2.24, 2.45) is 0 Å². The highest BCUT2D eigenvalue weighted by molar-refractivity contribution is 6.06. The van der Waals surface area contributed by atoms with Crippen molar-refractivity contribution in [3.8, 4) is 6.07 Å². The van der Waals surface area contributed by atoms with E-state index >= 15 is 0 Å². The third kappa shape index (κ3) is 3.73. The van der Waals surface area contributed by atoms with E-state index in [-0.39, 0.29) is 24.0 Å². The Morgan fingerprint density at radius 3 is 2.54 bits per heavy atom. The maximum absolute atomic E-state index is 13.2. The molecule has 0 radical (unpaired) electrons. The zero-order valence-corrected chi connectivity index (χ0v) is 14.1. The number of benzene rings is 1. The molecule has 0 N–H and O–H groups in total. The fraction of sp³-hybridized carbons (Fsp3) is 0.100. The predicted molar refractivity (Wildman–Crippen MR) is 94.8 cm³/mol. The number of amides is 1. The monoisotopic (exact) mass is 346 g/mol. The lowest BCUT2D eigenvalue weighted by molar-refractivity contribution is 0.0984. The fourth-order valence-corrected chi connectivity index (χ4v) is 2.52. The highest BCUT2D eigenvalue weighted by atomic mass is 19.1. The summed E-state index contributed by atoms with van der Waals surface area (Å²) in [6, 6.07) is 12.8. The third-order valence-electron chi connectivity index (χ3n) is 3.92. The largest absolute Gasteiger partial charge is 0.302 e. The molecule has 0 aliphatic rings. The van der Waals surface area contributed by atoms with E-state index in [9.17, 15) is 9.18 Å². The number of rotatable bonds is 4. The maximum Gasteiger partial charge on any atom is 0.259 e. The minimum atomic E-state index is -0.336. The summed E-state index contributed by atoms with van der Waals surface area (Å²) < 4.78 is 13.2. The first-order valence-electron chi connectivity index (χ1n) is 7.91. The molecule has 3 aromatic rings. The van der Waals surface area contributed by atoms with Crippen LogP contribution < -0.4 is 4.90 Å². The molecule has 6 heteroatoms. The first-order valence-corrected chi connectivity index (χ1v) is 7.91. The lowest BCUT2D eigenvalue weighted by atomic mass is 10.1. The molecule has 1 aromatic carbocycles. The molecule has 5 nitrogen and oxygen atoms in total. The molecule has 0 unspecified atom stereocenters. The number of aromatic nitrogens is 2. The van der Waals surface area contributed by atoms with Crippen molar-refractivity contribution in [2.45, 2.75) is 13.5 Å². The van der Waals surface area contributed by atoms with Gasteiger partial charge in [0.2, 0.25) is 0 Å². The van der Waals surface area contributed by atoms with Crippen LogP contribution in [0.1, 0.15) is 27.2 Å². The van der Waals surface area contributed by atoms with Crippen molar-refractivity contribution >= 4 is 11.6 Å². The normalized spacial score (nSPS) is 10.2. The second-order valence-corrected chi connectivity index (χ2v) is 5.72. The summed E-state index contributed by atoms with van der Waals surface area (Å²) in [5.74, 6) is -0.558. The molecule has 1 amide bonds. The molecule has 2 heterocycles. The number of halogens is 1. The molecule has 0 saturated carbocycles. The van der Waals surface area contributed by atoms with E-state index in [1.807, 2.05) is 13.0 Å². The smallest absolute Gasteiger partial charge is 0.259 e. The van der Waals surface area contributed by atoms with Gasteiger partial charge in [-0.05, 0) is 48.4 Å². The second-order valence-electron chi connectivity index (χ2n) is 5.72. The van der Waals surface area contributed by atoms with E-state index in [1.54, 1.807) is 47.6 Å². The number of nitrogens with zero attached hydrogens (tertiary/aromatic N) is 4. The van der Waals surface area contributed by atoms with Gasteiger partial charge in [-0.3, -0.25) is 9.78 Å². The van der Waals surface area contributed by atoms with Gasteiger partial charge in [-0.25, -0.2) is 9.37 Å². The minimum absolute atomic E-state index is 0.222. The van der Waals surface area contributed by atoms with Crippen molar-refractivity contribution in [2.75, 3.05) is 4.90 Å². The van der Waals surface area contributed by atoms with Crippen LogP contribution in [0, 0.1) is 24.1 Å². The van der Waals surface area contributed by atoms with Crippen LogP contribution in [0.25, 0.3) is 0 Å². The van der Waals surface area contributed by atoms with Gasteiger partial charge in [0.1, 0.15) is 17.6 Å². The van der Waals surface area contributed by atoms with Gasteiger partial charge in [0.05, 0.1) is 18.4 Å².